The highest BCUT2D eigenvalue weighted by Gasteiger charge is 2.25. The maximum atomic E-state index is 10.8. The van der Waals surface area contributed by atoms with Crippen LogP contribution in [0.25, 0.3) is 95.3 Å². The van der Waals surface area contributed by atoms with E-state index in [1.807, 2.05) is 109 Å². The highest BCUT2D eigenvalue weighted by atomic mass is 15.0. The molecule has 0 atom stereocenters. The van der Waals surface area contributed by atoms with E-state index < -0.39 is 0 Å². The number of para-hydroxylation sites is 1. The molecule has 0 bridgehead atoms. The van der Waals surface area contributed by atoms with Gasteiger partial charge in [-0.05, 0) is 49.4 Å². The van der Waals surface area contributed by atoms with Crippen molar-refractivity contribution in [3.05, 3.63) is 199 Å². The average Bonchev–Trinajstić information content (AvgIpc) is 3.62. The van der Waals surface area contributed by atoms with E-state index in [-0.39, 0.29) is 0 Å². The fourth-order valence-corrected chi connectivity index (χ4v) is 7.77. The van der Waals surface area contributed by atoms with Gasteiger partial charge in [0.1, 0.15) is 0 Å². The Morgan fingerprint density at radius 2 is 0.879 bits per heavy atom. The van der Waals surface area contributed by atoms with E-state index in [4.69, 9.17) is 19.9 Å². The molecule has 0 N–H and O–H groups in total. The average molecular weight is 743 g/mol. The topological polar surface area (TPSA) is 80.3 Å². The van der Waals surface area contributed by atoms with E-state index in [1.54, 1.807) is 0 Å². The number of hydrogen-bond acceptors (Lipinski definition) is 5. The van der Waals surface area contributed by atoms with Crippen molar-refractivity contribution in [3.63, 3.8) is 0 Å². The second kappa shape index (κ2) is 14.6. The van der Waals surface area contributed by atoms with Gasteiger partial charge in [-0.2, -0.15) is 5.26 Å². The molecule has 3 aromatic heterocycles. The van der Waals surface area contributed by atoms with Crippen molar-refractivity contribution in [1.82, 2.24) is 24.5 Å². The van der Waals surface area contributed by atoms with Crippen LogP contribution in [-0.4, -0.2) is 24.5 Å². The number of rotatable bonds is 7. The minimum absolute atomic E-state index is 0.460. The molecule has 6 heteroatoms. The molecular weight excluding hydrogens is 709 g/mol. The second-order valence-corrected chi connectivity index (χ2v) is 14.3. The van der Waals surface area contributed by atoms with Crippen molar-refractivity contribution in [2.24, 2.45) is 0 Å². The maximum Gasteiger partial charge on any atom is 0.162 e. The van der Waals surface area contributed by atoms with E-state index >= 15 is 0 Å². The molecule has 0 spiro atoms. The summed E-state index contributed by atoms with van der Waals surface area (Å²) in [4.78, 5) is 21.1. The number of benzene rings is 7. The van der Waals surface area contributed by atoms with Gasteiger partial charge in [-0.3, -0.25) is 0 Å². The molecule has 3 heterocycles. The molecule has 0 amide bonds. The zero-order valence-electron chi connectivity index (χ0n) is 31.6. The summed E-state index contributed by atoms with van der Waals surface area (Å²) in [6.07, 6.45) is 0. The fraction of sp³-hybridized carbons (Fsp3) is 0.0192. The SMILES string of the molecule is Cc1ccc2c(c1)c1ccccc1n2-c1c(-c2cc(-c3ccccc3)nc(-c3ccccc3)n2)cc(C#N)cc1-c1nc(-c2ccccc2)cc(-c2ccccc2)n1. The summed E-state index contributed by atoms with van der Waals surface area (Å²) >= 11 is 0. The first kappa shape index (κ1) is 34.5. The molecule has 0 saturated carbocycles. The molecule has 272 valence electrons. The molecule has 0 fully saturated rings. The fourth-order valence-electron chi connectivity index (χ4n) is 7.77. The predicted molar refractivity (Wildman–Crippen MR) is 234 cm³/mol. The van der Waals surface area contributed by atoms with Gasteiger partial charge in [-0.25, -0.2) is 19.9 Å². The Hall–Kier alpha value is -8.01. The summed E-state index contributed by atoms with van der Waals surface area (Å²) in [6.45, 7) is 2.12. The van der Waals surface area contributed by atoms with Gasteiger partial charge >= 0.3 is 0 Å². The Balaban J connectivity index is 1.36. The smallest absolute Gasteiger partial charge is 0.162 e. The summed E-state index contributed by atoms with van der Waals surface area (Å²) < 4.78 is 2.29. The van der Waals surface area contributed by atoms with Crippen LogP contribution in [0.5, 0.6) is 0 Å². The summed E-state index contributed by atoms with van der Waals surface area (Å²) in [5, 5.41) is 13.0. The molecule has 0 unspecified atom stereocenters. The van der Waals surface area contributed by atoms with Crippen LogP contribution < -0.4 is 0 Å². The van der Waals surface area contributed by atoms with Crippen LogP contribution in [0.4, 0.5) is 0 Å². The van der Waals surface area contributed by atoms with Crippen molar-refractivity contribution >= 4 is 21.8 Å². The van der Waals surface area contributed by atoms with Gasteiger partial charge < -0.3 is 4.57 Å². The summed E-state index contributed by atoms with van der Waals surface area (Å²) in [7, 11) is 0. The number of nitriles is 1. The first-order valence-electron chi connectivity index (χ1n) is 19.2. The quantitative estimate of drug-likeness (QED) is 0.162. The van der Waals surface area contributed by atoms with Gasteiger partial charge in [0.15, 0.2) is 11.6 Å². The standard InChI is InChI=1S/C52H34N6/c1-34-26-27-49-41(28-34)40-24-14-15-25-48(40)58(49)50-42(47-32-46(38-20-10-4-11-21-38)54-51(57-47)39-22-12-5-13-23-39)29-35(33-53)30-43(50)52-55-44(36-16-6-2-7-17-36)31-45(56-52)37-18-8-3-9-19-37/h2-32H,1H3. The zero-order chi connectivity index (χ0) is 39.0. The van der Waals surface area contributed by atoms with Gasteiger partial charge in [0, 0.05) is 44.2 Å². The highest BCUT2D eigenvalue weighted by Crippen LogP contribution is 2.43. The van der Waals surface area contributed by atoms with Crippen molar-refractivity contribution in [2.45, 2.75) is 6.92 Å². The summed E-state index contributed by atoms with van der Waals surface area (Å²) in [5.74, 6) is 1.07. The number of aromatic nitrogens is 5. The molecular formula is C52H34N6. The minimum Gasteiger partial charge on any atom is -0.308 e. The predicted octanol–water partition coefficient (Wildman–Crippen LogP) is 12.5. The van der Waals surface area contributed by atoms with Gasteiger partial charge in [-0.15, -0.1) is 0 Å². The van der Waals surface area contributed by atoms with Crippen molar-refractivity contribution in [3.8, 4) is 79.6 Å². The van der Waals surface area contributed by atoms with E-state index in [0.29, 0.717) is 28.5 Å². The third kappa shape index (κ3) is 6.27. The molecule has 10 aromatic rings. The molecule has 0 aliphatic heterocycles. The molecule has 0 saturated heterocycles. The van der Waals surface area contributed by atoms with E-state index in [2.05, 4.69) is 96.4 Å². The lowest BCUT2D eigenvalue weighted by molar-refractivity contribution is 1.13. The minimum atomic E-state index is 0.460. The van der Waals surface area contributed by atoms with Crippen LogP contribution >= 0.6 is 0 Å². The molecule has 10 rings (SSSR count). The molecule has 6 nitrogen and oxygen atoms in total. The lowest BCUT2D eigenvalue weighted by atomic mass is 9.97. The van der Waals surface area contributed by atoms with E-state index in [9.17, 15) is 5.26 Å². The Morgan fingerprint density at radius 3 is 1.47 bits per heavy atom. The third-order valence-corrected chi connectivity index (χ3v) is 10.5. The van der Waals surface area contributed by atoms with Gasteiger partial charge in [0.05, 0.1) is 51.1 Å². The number of nitrogens with zero attached hydrogens (tertiary/aromatic N) is 6. The van der Waals surface area contributed by atoms with Crippen molar-refractivity contribution in [1.29, 1.82) is 5.26 Å². The third-order valence-electron chi connectivity index (χ3n) is 10.5. The van der Waals surface area contributed by atoms with E-state index in [0.717, 1.165) is 78.0 Å². The monoisotopic (exact) mass is 742 g/mol. The lowest BCUT2D eigenvalue weighted by Crippen LogP contribution is -2.06. The Labute approximate surface area is 336 Å². The zero-order valence-corrected chi connectivity index (χ0v) is 31.6. The van der Waals surface area contributed by atoms with Gasteiger partial charge in [0.25, 0.3) is 0 Å². The molecule has 0 radical (unpaired) electrons. The maximum absolute atomic E-state index is 10.8. The van der Waals surface area contributed by atoms with Crippen LogP contribution in [0, 0.1) is 18.3 Å². The van der Waals surface area contributed by atoms with Crippen LogP contribution in [0.15, 0.2) is 188 Å². The Morgan fingerprint density at radius 1 is 0.414 bits per heavy atom. The van der Waals surface area contributed by atoms with Gasteiger partial charge in [0.2, 0.25) is 0 Å². The van der Waals surface area contributed by atoms with Gasteiger partial charge in [-0.1, -0.05) is 151 Å². The number of hydrogen-bond donors (Lipinski definition) is 0. The van der Waals surface area contributed by atoms with Crippen LogP contribution in [0.2, 0.25) is 0 Å². The number of aryl methyl sites for hydroxylation is 1. The highest BCUT2D eigenvalue weighted by molar-refractivity contribution is 6.10. The Kier molecular flexibility index (Phi) is 8.66. The molecule has 0 aliphatic carbocycles. The largest absolute Gasteiger partial charge is 0.308 e. The molecule has 58 heavy (non-hydrogen) atoms. The van der Waals surface area contributed by atoms with Crippen LogP contribution in [0.3, 0.4) is 0 Å². The van der Waals surface area contributed by atoms with Crippen molar-refractivity contribution in [2.75, 3.05) is 0 Å². The van der Waals surface area contributed by atoms with E-state index in [1.165, 1.54) is 0 Å². The summed E-state index contributed by atoms with van der Waals surface area (Å²) in [6, 6.07) is 65.9. The first-order chi connectivity index (χ1) is 28.6. The molecule has 7 aromatic carbocycles. The first-order valence-corrected chi connectivity index (χ1v) is 19.2. The van der Waals surface area contributed by atoms with Crippen molar-refractivity contribution < 1.29 is 0 Å². The Bertz CT molecular complexity index is 2910. The van der Waals surface area contributed by atoms with Crippen LogP contribution in [-0.2, 0) is 0 Å². The van der Waals surface area contributed by atoms with Crippen LogP contribution in [0.1, 0.15) is 11.1 Å². The lowest BCUT2D eigenvalue weighted by Gasteiger charge is -2.20. The molecule has 0 aliphatic rings. The summed E-state index contributed by atoms with van der Waals surface area (Å²) in [5.41, 5.74) is 12.7. The number of fused-ring (bicyclic) bond motifs is 3. The normalized spacial score (nSPS) is 11.2. The second-order valence-electron chi connectivity index (χ2n) is 14.3.